The van der Waals surface area contributed by atoms with Crippen LogP contribution in [0.25, 0.3) is 5.76 Å². The van der Waals surface area contributed by atoms with E-state index >= 15 is 0 Å². The maximum atomic E-state index is 14.2. The van der Waals surface area contributed by atoms with Gasteiger partial charge in [0.2, 0.25) is 11.7 Å². The number of carbonyl (C=O) groups excluding carboxylic acids is 4. The van der Waals surface area contributed by atoms with E-state index in [0.717, 1.165) is 32.4 Å². The zero-order chi connectivity index (χ0) is 33.8. The van der Waals surface area contributed by atoms with E-state index in [1.54, 1.807) is 33.1 Å². The van der Waals surface area contributed by atoms with Crippen molar-refractivity contribution in [3.63, 3.8) is 0 Å². The van der Waals surface area contributed by atoms with Crippen LogP contribution in [0.1, 0.15) is 43.7 Å². The van der Waals surface area contributed by atoms with Crippen LogP contribution in [0, 0.1) is 17.8 Å². The topological polar surface area (TPSA) is 197 Å². The van der Waals surface area contributed by atoms with Gasteiger partial charge in [0, 0.05) is 38.7 Å². The molecule has 13 nitrogen and oxygen atoms in total. The van der Waals surface area contributed by atoms with Gasteiger partial charge in [-0.15, -0.1) is 0 Å². The maximum Gasteiger partial charge on any atom is 0.255 e. The number of aromatic hydroxyl groups is 1. The number of benzene rings is 1. The second kappa shape index (κ2) is 10.7. The number of carbonyl (C=O) groups is 4. The van der Waals surface area contributed by atoms with Crippen LogP contribution in [0.15, 0.2) is 16.9 Å². The van der Waals surface area contributed by atoms with Crippen molar-refractivity contribution in [3.8, 4) is 5.75 Å². The Hall–Kier alpha value is -3.65. The van der Waals surface area contributed by atoms with E-state index < -0.39 is 69.3 Å². The molecule has 248 valence electrons. The zero-order valence-electron chi connectivity index (χ0n) is 26.5. The average Bonchev–Trinajstić information content (AvgIpc) is 3.77. The Morgan fingerprint density at radius 3 is 2.24 bits per heavy atom. The number of halogens is 1. The lowest BCUT2D eigenvalue weighted by molar-refractivity contribution is -0.153. The van der Waals surface area contributed by atoms with Crippen molar-refractivity contribution in [3.05, 3.63) is 33.1 Å². The van der Waals surface area contributed by atoms with Gasteiger partial charge in [-0.2, -0.15) is 0 Å². The third-order valence-electron chi connectivity index (χ3n) is 10.8. The SMILES string of the molecule is CN(C)c1c(Cl)c(NC(=O)C(C)(C2CC2)N2CCC2)c(O)c2c1CC1CC3[C@H](N(C)C)C(=O)C(C(N)=O)=C(O)[C@@]3(O)C(=O)C1=C2O. The second-order valence-corrected chi connectivity index (χ2v) is 14.2. The first-order valence-electron chi connectivity index (χ1n) is 15.4. The summed E-state index contributed by atoms with van der Waals surface area (Å²) in [6, 6.07) is -1.19. The highest BCUT2D eigenvalue weighted by Gasteiger charge is 2.64. The van der Waals surface area contributed by atoms with Gasteiger partial charge in [0.15, 0.2) is 17.1 Å². The van der Waals surface area contributed by atoms with Gasteiger partial charge in [-0.05, 0) is 70.5 Å². The number of nitrogens with two attached hydrogens (primary N) is 1. The largest absolute Gasteiger partial charge is 0.508 e. The Kier molecular flexibility index (Phi) is 7.51. The normalized spacial score (nSPS) is 29.1. The number of phenolic OH excluding ortho intramolecular Hbond substituents is 1. The first-order chi connectivity index (χ1) is 21.5. The van der Waals surface area contributed by atoms with Crippen molar-refractivity contribution < 1.29 is 39.6 Å². The number of Topliss-reactive ketones (excluding diaryl/α,β-unsaturated/α-hetero) is 2. The van der Waals surface area contributed by atoms with Gasteiger partial charge in [-0.25, -0.2) is 0 Å². The molecule has 1 aliphatic heterocycles. The van der Waals surface area contributed by atoms with Crippen LogP contribution in [0.3, 0.4) is 0 Å². The molecule has 0 radical (unpaired) electrons. The van der Waals surface area contributed by atoms with Crippen molar-refractivity contribution in [2.45, 2.75) is 56.2 Å². The minimum Gasteiger partial charge on any atom is -0.508 e. The van der Waals surface area contributed by atoms with Crippen LogP contribution in [0.4, 0.5) is 11.4 Å². The summed E-state index contributed by atoms with van der Waals surface area (Å²) in [5.74, 6) is -7.76. The summed E-state index contributed by atoms with van der Waals surface area (Å²) >= 11 is 6.93. The van der Waals surface area contributed by atoms with E-state index in [9.17, 15) is 39.6 Å². The fourth-order valence-electron chi connectivity index (χ4n) is 8.16. The Bertz CT molecular complexity index is 1660. The number of phenols is 1. The Morgan fingerprint density at radius 2 is 1.74 bits per heavy atom. The number of anilines is 2. The number of rotatable bonds is 7. The van der Waals surface area contributed by atoms with Crippen LogP contribution >= 0.6 is 11.6 Å². The van der Waals surface area contributed by atoms with Gasteiger partial charge in [0.1, 0.15) is 28.3 Å². The Labute approximate surface area is 271 Å². The fourth-order valence-corrected chi connectivity index (χ4v) is 8.58. The summed E-state index contributed by atoms with van der Waals surface area (Å²) in [5, 5.41) is 49.4. The second-order valence-electron chi connectivity index (χ2n) is 13.8. The van der Waals surface area contributed by atoms with Crippen LogP contribution in [-0.4, -0.2) is 112 Å². The molecular formula is C32H40ClN5O8. The summed E-state index contributed by atoms with van der Waals surface area (Å²) in [7, 11) is 6.52. The molecular weight excluding hydrogens is 618 g/mol. The minimum absolute atomic E-state index is 0.0505. The van der Waals surface area contributed by atoms with E-state index in [-0.39, 0.29) is 46.5 Å². The van der Waals surface area contributed by atoms with Crippen LogP contribution in [-0.2, 0) is 25.6 Å². The molecule has 3 unspecified atom stereocenters. The van der Waals surface area contributed by atoms with E-state index in [2.05, 4.69) is 10.2 Å². The highest BCUT2D eigenvalue weighted by Crippen LogP contribution is 2.57. The van der Waals surface area contributed by atoms with Crippen molar-refractivity contribution in [2.24, 2.45) is 23.5 Å². The average molecular weight is 658 g/mol. The molecule has 4 aliphatic carbocycles. The third kappa shape index (κ3) is 4.24. The molecule has 3 fully saturated rings. The molecule has 5 aliphatic rings. The first kappa shape index (κ1) is 32.3. The van der Waals surface area contributed by atoms with Gasteiger partial charge in [-0.3, -0.25) is 29.0 Å². The Balaban J connectivity index is 1.51. The highest BCUT2D eigenvalue weighted by atomic mass is 35.5. The summed E-state index contributed by atoms with van der Waals surface area (Å²) < 4.78 is 0. The molecule has 0 bridgehead atoms. The van der Waals surface area contributed by atoms with Gasteiger partial charge in [0.25, 0.3) is 5.91 Å². The molecule has 0 spiro atoms. The molecule has 2 saturated carbocycles. The molecule has 14 heteroatoms. The number of aliphatic hydroxyl groups is 3. The van der Waals surface area contributed by atoms with E-state index in [1.807, 2.05) is 6.92 Å². The molecule has 1 saturated heterocycles. The predicted octanol–water partition coefficient (Wildman–Crippen LogP) is 1.50. The summed E-state index contributed by atoms with van der Waals surface area (Å²) in [6.45, 7) is 3.42. The summed E-state index contributed by atoms with van der Waals surface area (Å²) in [6.07, 6.45) is 2.78. The molecule has 1 aromatic carbocycles. The number of hydrogen-bond acceptors (Lipinski definition) is 11. The molecule has 0 aromatic heterocycles. The molecule has 6 rings (SSSR count). The van der Waals surface area contributed by atoms with E-state index in [0.29, 0.717) is 11.3 Å². The Morgan fingerprint density at radius 1 is 1.11 bits per heavy atom. The third-order valence-corrected chi connectivity index (χ3v) is 11.2. The van der Waals surface area contributed by atoms with E-state index in [4.69, 9.17) is 17.3 Å². The molecule has 7 N–H and O–H groups in total. The number of amides is 2. The van der Waals surface area contributed by atoms with Gasteiger partial charge in [0.05, 0.1) is 22.3 Å². The van der Waals surface area contributed by atoms with Crippen molar-refractivity contribution in [1.29, 1.82) is 0 Å². The number of aliphatic hydroxyl groups excluding tert-OH is 2. The van der Waals surface area contributed by atoms with Gasteiger partial charge >= 0.3 is 0 Å². The lowest BCUT2D eigenvalue weighted by atomic mass is 9.57. The lowest BCUT2D eigenvalue weighted by Crippen LogP contribution is -2.65. The van der Waals surface area contributed by atoms with Crippen molar-refractivity contribution >= 4 is 52.1 Å². The number of hydrogen-bond donors (Lipinski definition) is 6. The van der Waals surface area contributed by atoms with Crippen LogP contribution in [0.2, 0.25) is 5.02 Å². The number of likely N-dealkylation sites (tertiary alicyclic amines) is 1. The predicted molar refractivity (Wildman–Crippen MR) is 170 cm³/mol. The number of nitrogens with one attached hydrogen (secondary N) is 1. The van der Waals surface area contributed by atoms with Gasteiger partial charge in [-0.1, -0.05) is 11.6 Å². The first-order valence-corrected chi connectivity index (χ1v) is 15.8. The molecule has 5 atom stereocenters. The molecule has 46 heavy (non-hydrogen) atoms. The fraction of sp³-hybridized carbons (Fsp3) is 0.562. The lowest BCUT2D eigenvalue weighted by Gasteiger charge is -2.50. The highest BCUT2D eigenvalue weighted by molar-refractivity contribution is 6.37. The number of fused-ring (bicyclic) bond motifs is 3. The smallest absolute Gasteiger partial charge is 0.255 e. The standard InChI is InChI=1S/C32H40ClN5O8/c1-31(14-7-8-14,38-9-6-10-38)30(45)35-21-20(33)22(36(2)3)15-11-13-12-16-23(37(4)5)26(41)19(29(34)44)28(43)32(16,46)27(42)17(13)24(39)18(15)25(21)40/h13-14,16,23,39-40,43,46H,6-12H2,1-5H3,(H2,34,44)(H,35,45)/t13?,16?,23-,31?,32-/m0/s1. The molecule has 2 amide bonds. The van der Waals surface area contributed by atoms with Crippen LogP contribution < -0.4 is 16.0 Å². The number of nitrogens with zero attached hydrogens (tertiary/aromatic N) is 3. The number of likely N-dealkylation sites (N-methyl/N-ethyl adjacent to an activating group) is 1. The molecule has 1 heterocycles. The summed E-state index contributed by atoms with van der Waals surface area (Å²) in [4.78, 5) is 59.0. The zero-order valence-corrected chi connectivity index (χ0v) is 27.2. The quantitative estimate of drug-likeness (QED) is 0.184. The molecule has 1 aromatic rings. The van der Waals surface area contributed by atoms with Crippen LogP contribution in [0.5, 0.6) is 5.75 Å². The van der Waals surface area contributed by atoms with E-state index in [1.165, 1.54) is 4.90 Å². The monoisotopic (exact) mass is 657 g/mol. The maximum absolute atomic E-state index is 14.2. The number of primary amides is 1. The van der Waals surface area contributed by atoms with Gasteiger partial charge < -0.3 is 36.4 Å². The minimum atomic E-state index is -2.75. The number of ketones is 2. The summed E-state index contributed by atoms with van der Waals surface area (Å²) in [5.41, 5.74) is 1.22. The van der Waals surface area contributed by atoms with Crippen molar-refractivity contribution in [1.82, 2.24) is 9.80 Å². The van der Waals surface area contributed by atoms with Crippen molar-refractivity contribution in [2.75, 3.05) is 51.5 Å².